The van der Waals surface area contributed by atoms with Crippen molar-refractivity contribution in [3.05, 3.63) is 0 Å². The summed E-state index contributed by atoms with van der Waals surface area (Å²) in [4.78, 5) is 14.0. The monoisotopic (exact) mass is 253 g/mol. The molecule has 0 atom stereocenters. The maximum absolute atomic E-state index is 11.5. The Balaban J connectivity index is 1.46. The summed E-state index contributed by atoms with van der Waals surface area (Å²) in [5.41, 5.74) is 0. The molecule has 104 valence electrons. The van der Waals surface area contributed by atoms with E-state index in [0.29, 0.717) is 18.5 Å². The third-order valence-corrected chi connectivity index (χ3v) is 3.99. The molecule has 0 aromatic carbocycles. The Labute approximate surface area is 110 Å². The molecule has 1 saturated heterocycles. The van der Waals surface area contributed by atoms with Crippen molar-refractivity contribution < 1.29 is 4.79 Å². The summed E-state index contributed by atoms with van der Waals surface area (Å²) in [5.74, 6) is 0.236. The van der Waals surface area contributed by atoms with Crippen molar-refractivity contribution in [1.29, 1.82) is 0 Å². The molecule has 18 heavy (non-hydrogen) atoms. The Morgan fingerprint density at radius 3 is 2.50 bits per heavy atom. The predicted octanol–water partition coefficient (Wildman–Crippen LogP) is 1.12. The van der Waals surface area contributed by atoms with E-state index in [4.69, 9.17) is 0 Å². The number of nitrogens with zero attached hydrogens (tertiary/aromatic N) is 1. The number of hydrogen-bond acceptors (Lipinski definition) is 3. The molecule has 4 heteroatoms. The molecule has 0 unspecified atom stereocenters. The minimum atomic E-state index is 0.236. The van der Waals surface area contributed by atoms with Crippen LogP contribution in [0.2, 0.25) is 0 Å². The SMILES string of the molecule is CCN1CCC(NCCCC(=O)NC2CC2)CC1. The fourth-order valence-corrected chi connectivity index (χ4v) is 2.54. The van der Waals surface area contributed by atoms with Gasteiger partial charge in [-0.3, -0.25) is 4.79 Å². The van der Waals surface area contributed by atoms with E-state index in [1.165, 1.54) is 45.3 Å². The van der Waals surface area contributed by atoms with Crippen LogP contribution >= 0.6 is 0 Å². The van der Waals surface area contributed by atoms with E-state index in [0.717, 1.165) is 13.0 Å². The summed E-state index contributed by atoms with van der Waals surface area (Å²) in [6, 6.07) is 1.17. The predicted molar refractivity (Wildman–Crippen MR) is 73.5 cm³/mol. The Kier molecular flexibility index (Phi) is 5.45. The first-order valence-corrected chi connectivity index (χ1v) is 7.53. The van der Waals surface area contributed by atoms with Crippen LogP contribution < -0.4 is 10.6 Å². The van der Waals surface area contributed by atoms with Gasteiger partial charge >= 0.3 is 0 Å². The largest absolute Gasteiger partial charge is 0.353 e. The zero-order chi connectivity index (χ0) is 12.8. The number of hydrogen-bond donors (Lipinski definition) is 2. The first-order chi connectivity index (χ1) is 8.78. The van der Waals surface area contributed by atoms with Crippen LogP contribution in [0.4, 0.5) is 0 Å². The molecule has 2 rings (SSSR count). The summed E-state index contributed by atoms with van der Waals surface area (Å²) < 4.78 is 0. The summed E-state index contributed by atoms with van der Waals surface area (Å²) in [6.45, 7) is 6.82. The lowest BCUT2D eigenvalue weighted by atomic mass is 10.0. The van der Waals surface area contributed by atoms with Crippen molar-refractivity contribution in [3.63, 3.8) is 0 Å². The zero-order valence-electron chi connectivity index (χ0n) is 11.6. The average Bonchev–Trinajstić information content (AvgIpc) is 3.19. The number of carbonyl (C=O) groups excluding carboxylic acids is 1. The van der Waals surface area contributed by atoms with Gasteiger partial charge in [-0.1, -0.05) is 6.92 Å². The van der Waals surface area contributed by atoms with Crippen LogP contribution in [0.15, 0.2) is 0 Å². The number of nitrogens with one attached hydrogen (secondary N) is 2. The number of amides is 1. The second kappa shape index (κ2) is 7.10. The van der Waals surface area contributed by atoms with Crippen LogP contribution in [0, 0.1) is 0 Å². The average molecular weight is 253 g/mol. The van der Waals surface area contributed by atoms with Crippen LogP contribution in [-0.4, -0.2) is 49.1 Å². The molecule has 0 spiro atoms. The first kappa shape index (κ1) is 13.8. The fraction of sp³-hybridized carbons (Fsp3) is 0.929. The number of piperidine rings is 1. The van der Waals surface area contributed by atoms with Gasteiger partial charge in [0, 0.05) is 18.5 Å². The highest BCUT2D eigenvalue weighted by Gasteiger charge is 2.22. The van der Waals surface area contributed by atoms with Crippen LogP contribution in [0.1, 0.15) is 45.4 Å². The minimum Gasteiger partial charge on any atom is -0.353 e. The lowest BCUT2D eigenvalue weighted by molar-refractivity contribution is -0.121. The molecule has 1 saturated carbocycles. The maximum Gasteiger partial charge on any atom is 0.220 e. The second-order valence-corrected chi connectivity index (χ2v) is 5.61. The molecule has 0 aromatic rings. The zero-order valence-corrected chi connectivity index (χ0v) is 11.6. The van der Waals surface area contributed by atoms with Crippen LogP contribution in [0.25, 0.3) is 0 Å². The molecule has 1 heterocycles. The first-order valence-electron chi connectivity index (χ1n) is 7.53. The third kappa shape index (κ3) is 4.94. The van der Waals surface area contributed by atoms with Gasteiger partial charge < -0.3 is 15.5 Å². The van der Waals surface area contributed by atoms with Crippen LogP contribution in [0.5, 0.6) is 0 Å². The van der Waals surface area contributed by atoms with Crippen LogP contribution in [0.3, 0.4) is 0 Å². The van der Waals surface area contributed by atoms with Crippen molar-refractivity contribution in [2.24, 2.45) is 0 Å². The highest BCUT2D eigenvalue weighted by Crippen LogP contribution is 2.18. The summed E-state index contributed by atoms with van der Waals surface area (Å²) in [6.07, 6.45) is 6.51. The molecule has 2 fully saturated rings. The van der Waals surface area contributed by atoms with Gasteiger partial charge in [-0.2, -0.15) is 0 Å². The second-order valence-electron chi connectivity index (χ2n) is 5.61. The lowest BCUT2D eigenvalue weighted by Crippen LogP contribution is -2.42. The summed E-state index contributed by atoms with van der Waals surface area (Å²) in [7, 11) is 0. The lowest BCUT2D eigenvalue weighted by Gasteiger charge is -2.31. The Bertz CT molecular complexity index is 258. The molecule has 0 aromatic heterocycles. The van der Waals surface area contributed by atoms with Gasteiger partial charge in [0.2, 0.25) is 5.91 Å². The maximum atomic E-state index is 11.5. The third-order valence-electron chi connectivity index (χ3n) is 3.99. The molecule has 0 radical (unpaired) electrons. The van der Waals surface area contributed by atoms with Gasteiger partial charge in [0.15, 0.2) is 0 Å². The quantitative estimate of drug-likeness (QED) is 0.668. The number of likely N-dealkylation sites (tertiary alicyclic amines) is 1. The van der Waals surface area contributed by atoms with E-state index in [-0.39, 0.29) is 5.91 Å². The Morgan fingerprint density at radius 2 is 1.89 bits per heavy atom. The van der Waals surface area contributed by atoms with E-state index >= 15 is 0 Å². The van der Waals surface area contributed by atoms with Gasteiger partial charge in [0.05, 0.1) is 0 Å². The molecule has 0 bridgehead atoms. The highest BCUT2D eigenvalue weighted by molar-refractivity contribution is 5.76. The van der Waals surface area contributed by atoms with Crippen molar-refractivity contribution in [3.8, 4) is 0 Å². The normalized spacial score (nSPS) is 22.1. The topological polar surface area (TPSA) is 44.4 Å². The van der Waals surface area contributed by atoms with Crippen molar-refractivity contribution in [2.45, 2.75) is 57.5 Å². The van der Waals surface area contributed by atoms with E-state index in [1.54, 1.807) is 0 Å². The van der Waals surface area contributed by atoms with E-state index < -0.39 is 0 Å². The van der Waals surface area contributed by atoms with E-state index in [2.05, 4.69) is 22.5 Å². The summed E-state index contributed by atoms with van der Waals surface area (Å²) >= 11 is 0. The smallest absolute Gasteiger partial charge is 0.220 e. The molecule has 4 nitrogen and oxygen atoms in total. The standard InChI is InChI=1S/C14H27N3O/c1-2-17-10-7-12(8-11-17)15-9-3-4-14(18)16-13-5-6-13/h12-13,15H,2-11H2,1H3,(H,16,18). The number of rotatable bonds is 7. The molecule has 2 N–H and O–H groups in total. The van der Waals surface area contributed by atoms with Gasteiger partial charge in [0.25, 0.3) is 0 Å². The van der Waals surface area contributed by atoms with E-state index in [1.807, 2.05) is 0 Å². The molecule has 1 amide bonds. The molecular formula is C14H27N3O. The van der Waals surface area contributed by atoms with Gasteiger partial charge in [0.1, 0.15) is 0 Å². The van der Waals surface area contributed by atoms with E-state index in [9.17, 15) is 4.79 Å². The highest BCUT2D eigenvalue weighted by atomic mass is 16.1. The fourth-order valence-electron chi connectivity index (χ4n) is 2.54. The van der Waals surface area contributed by atoms with Crippen LogP contribution in [-0.2, 0) is 4.79 Å². The summed E-state index contributed by atoms with van der Waals surface area (Å²) in [5, 5.41) is 6.62. The Hall–Kier alpha value is -0.610. The van der Waals surface area contributed by atoms with Gasteiger partial charge in [-0.25, -0.2) is 0 Å². The Morgan fingerprint density at radius 1 is 1.17 bits per heavy atom. The molecule has 1 aliphatic carbocycles. The molecule has 2 aliphatic rings. The van der Waals surface area contributed by atoms with Crippen molar-refractivity contribution in [1.82, 2.24) is 15.5 Å². The number of carbonyl (C=O) groups is 1. The van der Waals surface area contributed by atoms with Gasteiger partial charge in [-0.15, -0.1) is 0 Å². The van der Waals surface area contributed by atoms with Crippen molar-refractivity contribution >= 4 is 5.91 Å². The molecule has 1 aliphatic heterocycles. The van der Waals surface area contributed by atoms with Gasteiger partial charge in [-0.05, 0) is 58.3 Å². The minimum absolute atomic E-state index is 0.236. The molecular weight excluding hydrogens is 226 g/mol. The van der Waals surface area contributed by atoms with Crippen molar-refractivity contribution in [2.75, 3.05) is 26.2 Å².